The van der Waals surface area contributed by atoms with Crippen molar-refractivity contribution < 1.29 is 0 Å². The monoisotopic (exact) mass is 173 g/mol. The molecule has 74 valence electrons. The van der Waals surface area contributed by atoms with Crippen LogP contribution in [0.4, 0.5) is 0 Å². The first-order valence-corrected chi connectivity index (χ1v) is 4.94. The molecule has 1 unspecified atom stereocenters. The van der Waals surface area contributed by atoms with E-state index in [0.717, 1.165) is 25.9 Å². The lowest BCUT2D eigenvalue weighted by atomic mass is 10.2. The Labute approximate surface area is 76.1 Å². The minimum absolute atomic E-state index is 0.170. The zero-order valence-electron chi connectivity index (χ0n) is 8.56. The SMILES string of the molecule is CCCNC(NCCC)C(C)N. The smallest absolute Gasteiger partial charge is 0.0725 e. The Morgan fingerprint density at radius 1 is 1.08 bits per heavy atom. The molecular formula is C9H23N3. The summed E-state index contributed by atoms with van der Waals surface area (Å²) in [5.74, 6) is 0. The zero-order valence-corrected chi connectivity index (χ0v) is 8.56. The lowest BCUT2D eigenvalue weighted by Crippen LogP contribution is -2.53. The summed E-state index contributed by atoms with van der Waals surface area (Å²) in [5.41, 5.74) is 5.79. The van der Waals surface area contributed by atoms with Gasteiger partial charge in [0.25, 0.3) is 0 Å². The van der Waals surface area contributed by atoms with Crippen LogP contribution in [0.1, 0.15) is 33.6 Å². The molecule has 12 heavy (non-hydrogen) atoms. The van der Waals surface area contributed by atoms with Crippen molar-refractivity contribution in [2.24, 2.45) is 5.73 Å². The predicted molar refractivity (Wildman–Crippen MR) is 54.0 cm³/mol. The van der Waals surface area contributed by atoms with Crippen molar-refractivity contribution in [3.63, 3.8) is 0 Å². The summed E-state index contributed by atoms with van der Waals surface area (Å²) in [4.78, 5) is 0. The molecule has 0 spiro atoms. The van der Waals surface area contributed by atoms with Gasteiger partial charge in [0.2, 0.25) is 0 Å². The van der Waals surface area contributed by atoms with Gasteiger partial charge < -0.3 is 16.4 Å². The summed E-state index contributed by atoms with van der Waals surface area (Å²) in [6.07, 6.45) is 2.57. The maximum atomic E-state index is 5.79. The Kier molecular flexibility index (Phi) is 7.45. The van der Waals surface area contributed by atoms with Crippen LogP contribution in [0.3, 0.4) is 0 Å². The van der Waals surface area contributed by atoms with Gasteiger partial charge in [-0.05, 0) is 32.9 Å². The Morgan fingerprint density at radius 2 is 1.50 bits per heavy atom. The van der Waals surface area contributed by atoms with E-state index in [-0.39, 0.29) is 12.2 Å². The van der Waals surface area contributed by atoms with Gasteiger partial charge in [0, 0.05) is 6.04 Å². The third-order valence-corrected chi connectivity index (χ3v) is 1.75. The summed E-state index contributed by atoms with van der Waals surface area (Å²) >= 11 is 0. The lowest BCUT2D eigenvalue weighted by Gasteiger charge is -2.23. The van der Waals surface area contributed by atoms with Gasteiger partial charge in [0.05, 0.1) is 6.17 Å². The number of hydrogen-bond donors (Lipinski definition) is 3. The Morgan fingerprint density at radius 3 is 1.75 bits per heavy atom. The summed E-state index contributed by atoms with van der Waals surface area (Å²) < 4.78 is 0. The summed E-state index contributed by atoms with van der Waals surface area (Å²) in [6.45, 7) is 8.40. The summed E-state index contributed by atoms with van der Waals surface area (Å²) in [7, 11) is 0. The van der Waals surface area contributed by atoms with E-state index in [2.05, 4.69) is 24.5 Å². The van der Waals surface area contributed by atoms with Crippen molar-refractivity contribution in [1.82, 2.24) is 10.6 Å². The van der Waals surface area contributed by atoms with Crippen molar-refractivity contribution in [2.75, 3.05) is 13.1 Å². The van der Waals surface area contributed by atoms with Gasteiger partial charge in [0.15, 0.2) is 0 Å². The van der Waals surface area contributed by atoms with Crippen LogP contribution in [0.2, 0.25) is 0 Å². The normalized spacial score (nSPS) is 13.8. The highest BCUT2D eigenvalue weighted by Crippen LogP contribution is 1.86. The molecule has 0 amide bonds. The lowest BCUT2D eigenvalue weighted by molar-refractivity contribution is 0.376. The molecular weight excluding hydrogens is 150 g/mol. The van der Waals surface area contributed by atoms with E-state index in [1.807, 2.05) is 6.92 Å². The third-order valence-electron chi connectivity index (χ3n) is 1.75. The van der Waals surface area contributed by atoms with Crippen LogP contribution in [0.5, 0.6) is 0 Å². The maximum absolute atomic E-state index is 5.79. The predicted octanol–water partition coefficient (Wildman–Crippen LogP) is 0.659. The number of nitrogens with two attached hydrogens (primary N) is 1. The molecule has 3 heteroatoms. The fourth-order valence-corrected chi connectivity index (χ4v) is 1.04. The first-order valence-electron chi connectivity index (χ1n) is 4.94. The van der Waals surface area contributed by atoms with E-state index in [0.29, 0.717) is 0 Å². The van der Waals surface area contributed by atoms with Gasteiger partial charge in [-0.15, -0.1) is 0 Å². The van der Waals surface area contributed by atoms with E-state index in [1.165, 1.54) is 0 Å². The largest absolute Gasteiger partial charge is 0.325 e. The average molecular weight is 173 g/mol. The van der Waals surface area contributed by atoms with Crippen LogP contribution in [0, 0.1) is 0 Å². The van der Waals surface area contributed by atoms with Gasteiger partial charge in [0.1, 0.15) is 0 Å². The van der Waals surface area contributed by atoms with E-state index < -0.39 is 0 Å². The van der Waals surface area contributed by atoms with Crippen LogP contribution in [0.15, 0.2) is 0 Å². The van der Waals surface area contributed by atoms with E-state index in [4.69, 9.17) is 5.73 Å². The average Bonchev–Trinajstić information content (AvgIpc) is 2.04. The molecule has 4 N–H and O–H groups in total. The molecule has 0 aliphatic heterocycles. The van der Waals surface area contributed by atoms with Crippen molar-refractivity contribution in [3.8, 4) is 0 Å². The van der Waals surface area contributed by atoms with E-state index in [9.17, 15) is 0 Å². The topological polar surface area (TPSA) is 50.1 Å². The second kappa shape index (κ2) is 7.53. The highest BCUT2D eigenvalue weighted by molar-refractivity contribution is 4.72. The second-order valence-corrected chi connectivity index (χ2v) is 3.25. The molecule has 0 aromatic heterocycles. The molecule has 0 aliphatic carbocycles. The molecule has 0 fully saturated rings. The van der Waals surface area contributed by atoms with Gasteiger partial charge in [-0.3, -0.25) is 0 Å². The van der Waals surface area contributed by atoms with E-state index >= 15 is 0 Å². The third kappa shape index (κ3) is 5.52. The fourth-order valence-electron chi connectivity index (χ4n) is 1.04. The first-order chi connectivity index (χ1) is 5.72. The molecule has 0 aliphatic rings. The van der Waals surface area contributed by atoms with Crippen molar-refractivity contribution >= 4 is 0 Å². The molecule has 1 atom stereocenters. The number of hydrogen-bond acceptors (Lipinski definition) is 3. The van der Waals surface area contributed by atoms with Gasteiger partial charge in [-0.25, -0.2) is 0 Å². The Balaban J connectivity index is 3.55. The number of rotatable bonds is 7. The van der Waals surface area contributed by atoms with Crippen LogP contribution in [-0.2, 0) is 0 Å². The highest BCUT2D eigenvalue weighted by atomic mass is 15.1. The molecule has 0 heterocycles. The van der Waals surface area contributed by atoms with Crippen LogP contribution >= 0.6 is 0 Å². The van der Waals surface area contributed by atoms with Gasteiger partial charge >= 0.3 is 0 Å². The highest BCUT2D eigenvalue weighted by Gasteiger charge is 2.09. The molecule has 0 aromatic carbocycles. The molecule has 0 rings (SSSR count). The Bertz CT molecular complexity index is 85.8. The molecule has 0 saturated carbocycles. The first kappa shape index (κ1) is 11.9. The molecule has 0 bridgehead atoms. The number of nitrogens with one attached hydrogen (secondary N) is 2. The zero-order chi connectivity index (χ0) is 9.40. The van der Waals surface area contributed by atoms with Gasteiger partial charge in [-0.2, -0.15) is 0 Å². The van der Waals surface area contributed by atoms with Crippen molar-refractivity contribution in [3.05, 3.63) is 0 Å². The minimum atomic E-state index is 0.170. The summed E-state index contributed by atoms with van der Waals surface area (Å²) in [6, 6.07) is 0.170. The van der Waals surface area contributed by atoms with E-state index in [1.54, 1.807) is 0 Å². The molecule has 0 saturated heterocycles. The molecule has 3 nitrogen and oxygen atoms in total. The van der Waals surface area contributed by atoms with Crippen molar-refractivity contribution in [1.29, 1.82) is 0 Å². The van der Waals surface area contributed by atoms with Crippen LogP contribution in [0.25, 0.3) is 0 Å². The minimum Gasteiger partial charge on any atom is -0.325 e. The molecule has 0 aromatic rings. The molecule has 0 radical (unpaired) electrons. The summed E-state index contributed by atoms with van der Waals surface area (Å²) in [5, 5.41) is 6.74. The standard InChI is InChI=1S/C9H23N3/c1-4-6-11-9(8(3)10)12-7-5-2/h8-9,11-12H,4-7,10H2,1-3H3. The van der Waals surface area contributed by atoms with Crippen LogP contribution < -0.4 is 16.4 Å². The van der Waals surface area contributed by atoms with Crippen molar-refractivity contribution in [2.45, 2.75) is 45.8 Å². The van der Waals surface area contributed by atoms with Crippen LogP contribution in [-0.4, -0.2) is 25.3 Å². The fraction of sp³-hybridized carbons (Fsp3) is 1.00. The second-order valence-electron chi connectivity index (χ2n) is 3.25. The maximum Gasteiger partial charge on any atom is 0.0725 e. The quantitative estimate of drug-likeness (QED) is 0.496. The Hall–Kier alpha value is -0.120. The van der Waals surface area contributed by atoms with Gasteiger partial charge in [-0.1, -0.05) is 13.8 Å².